The van der Waals surface area contributed by atoms with E-state index in [0.29, 0.717) is 6.54 Å². The number of pyridine rings is 1. The minimum Gasteiger partial charge on any atom is -0.468 e. The number of nitrogens with one attached hydrogen (secondary N) is 1. The molecule has 0 fully saturated rings. The number of carbonyl (C=O) groups excluding carboxylic acids is 1. The summed E-state index contributed by atoms with van der Waals surface area (Å²) < 4.78 is 6.58. The summed E-state index contributed by atoms with van der Waals surface area (Å²) in [6.45, 7) is 1.62. The van der Waals surface area contributed by atoms with E-state index in [9.17, 15) is 10.0 Å². The molecule has 0 saturated carbocycles. The Balaban J connectivity index is 1.57. The third-order valence-electron chi connectivity index (χ3n) is 5.43. The molecule has 0 radical (unpaired) electrons. The average molecular weight is 419 g/mol. The number of oxime groups is 1. The van der Waals surface area contributed by atoms with Crippen molar-refractivity contribution in [2.75, 3.05) is 20.2 Å². The minimum absolute atomic E-state index is 0.206. The summed E-state index contributed by atoms with van der Waals surface area (Å²) in [5.41, 5.74) is 6.98. The molecular formula is C23H25N5O3. The lowest BCUT2D eigenvalue weighted by Crippen LogP contribution is -2.25. The van der Waals surface area contributed by atoms with Gasteiger partial charge in [0.15, 0.2) is 0 Å². The van der Waals surface area contributed by atoms with Crippen LogP contribution < -0.4 is 5.32 Å². The fourth-order valence-electron chi connectivity index (χ4n) is 3.84. The van der Waals surface area contributed by atoms with Crippen LogP contribution in [0.15, 0.2) is 54.1 Å². The first kappa shape index (κ1) is 20.7. The van der Waals surface area contributed by atoms with E-state index in [1.54, 1.807) is 12.4 Å². The van der Waals surface area contributed by atoms with Gasteiger partial charge in [-0.05, 0) is 49.1 Å². The number of fused-ring (bicyclic) bond motifs is 1. The first-order valence-corrected chi connectivity index (χ1v) is 10.3. The summed E-state index contributed by atoms with van der Waals surface area (Å²) in [5, 5.41) is 20.5. The lowest BCUT2D eigenvalue weighted by Gasteiger charge is -2.06. The van der Waals surface area contributed by atoms with E-state index in [-0.39, 0.29) is 12.5 Å². The van der Waals surface area contributed by atoms with Crippen molar-refractivity contribution in [1.29, 1.82) is 0 Å². The van der Waals surface area contributed by atoms with Crippen molar-refractivity contribution in [3.63, 3.8) is 0 Å². The SMILES string of the molecule is COC(=O)CNCCCn1cc(-c2ccc3c(c2)CCC3=NO)c(-c2ccncc2)n1. The van der Waals surface area contributed by atoms with E-state index in [1.807, 2.05) is 22.9 Å². The smallest absolute Gasteiger partial charge is 0.319 e. The van der Waals surface area contributed by atoms with Crippen LogP contribution in [0.4, 0.5) is 0 Å². The quantitative estimate of drug-likeness (QED) is 0.252. The number of hydrogen-bond acceptors (Lipinski definition) is 7. The fraction of sp³-hybridized carbons (Fsp3) is 0.304. The Bertz CT molecular complexity index is 1090. The monoisotopic (exact) mass is 419 g/mol. The summed E-state index contributed by atoms with van der Waals surface area (Å²) in [5.74, 6) is -0.271. The molecule has 0 atom stereocenters. The van der Waals surface area contributed by atoms with E-state index in [4.69, 9.17) is 5.10 Å². The van der Waals surface area contributed by atoms with Gasteiger partial charge in [0.05, 0.1) is 19.4 Å². The summed E-state index contributed by atoms with van der Waals surface area (Å²) in [6.07, 6.45) is 8.04. The maximum absolute atomic E-state index is 11.2. The molecule has 8 heteroatoms. The number of nitrogens with zero attached hydrogens (tertiary/aromatic N) is 4. The van der Waals surface area contributed by atoms with Gasteiger partial charge in [-0.25, -0.2) is 0 Å². The Hall–Kier alpha value is -3.52. The summed E-state index contributed by atoms with van der Waals surface area (Å²) in [6, 6.07) is 10.2. The lowest BCUT2D eigenvalue weighted by atomic mass is 9.98. The van der Waals surface area contributed by atoms with Gasteiger partial charge in [-0.2, -0.15) is 5.10 Å². The molecule has 3 aromatic rings. The van der Waals surface area contributed by atoms with Gasteiger partial charge in [0.2, 0.25) is 0 Å². The van der Waals surface area contributed by atoms with Gasteiger partial charge in [-0.3, -0.25) is 14.5 Å². The summed E-state index contributed by atoms with van der Waals surface area (Å²) in [7, 11) is 1.38. The molecule has 0 unspecified atom stereocenters. The zero-order chi connectivity index (χ0) is 21.6. The molecule has 8 nitrogen and oxygen atoms in total. The third kappa shape index (κ3) is 4.64. The lowest BCUT2D eigenvalue weighted by molar-refractivity contribution is -0.139. The standard InChI is InChI=1S/C23H25N5O3/c1-31-22(29)14-25-9-2-12-28-15-20(23(26-28)16-7-10-24-11-8-16)18-3-5-19-17(13-18)4-6-21(19)27-30/h3,5,7-8,10-11,13,15,25,30H,2,4,6,9,12,14H2,1H3. The van der Waals surface area contributed by atoms with Crippen LogP contribution in [0.1, 0.15) is 24.0 Å². The van der Waals surface area contributed by atoms with Gasteiger partial charge in [0.25, 0.3) is 0 Å². The van der Waals surface area contributed by atoms with E-state index in [2.05, 4.69) is 38.5 Å². The van der Waals surface area contributed by atoms with Gasteiger partial charge in [-0.15, -0.1) is 0 Å². The molecule has 160 valence electrons. The highest BCUT2D eigenvalue weighted by molar-refractivity contribution is 6.04. The van der Waals surface area contributed by atoms with Gasteiger partial charge in [0, 0.05) is 41.8 Å². The predicted octanol–water partition coefficient (Wildman–Crippen LogP) is 2.89. The number of aromatic nitrogens is 3. The number of benzene rings is 1. The van der Waals surface area contributed by atoms with Gasteiger partial charge in [0.1, 0.15) is 5.69 Å². The Labute approximate surface area is 180 Å². The maximum atomic E-state index is 11.2. The fourth-order valence-corrected chi connectivity index (χ4v) is 3.84. The third-order valence-corrected chi connectivity index (χ3v) is 5.43. The highest BCUT2D eigenvalue weighted by Gasteiger charge is 2.20. The van der Waals surface area contributed by atoms with Crippen LogP contribution in [0.3, 0.4) is 0 Å². The van der Waals surface area contributed by atoms with E-state index < -0.39 is 0 Å². The molecule has 4 rings (SSSR count). The molecule has 1 aliphatic carbocycles. The molecular weight excluding hydrogens is 394 g/mol. The average Bonchev–Trinajstić information content (AvgIpc) is 3.42. The summed E-state index contributed by atoms with van der Waals surface area (Å²) >= 11 is 0. The van der Waals surface area contributed by atoms with Crippen LogP contribution >= 0.6 is 0 Å². The van der Waals surface area contributed by atoms with Crippen LogP contribution in [0, 0.1) is 0 Å². The van der Waals surface area contributed by atoms with Crippen molar-refractivity contribution >= 4 is 11.7 Å². The molecule has 1 aromatic carbocycles. The van der Waals surface area contributed by atoms with E-state index >= 15 is 0 Å². The normalized spacial score (nSPS) is 14.0. The zero-order valence-corrected chi connectivity index (χ0v) is 17.4. The van der Waals surface area contributed by atoms with Crippen molar-refractivity contribution in [2.45, 2.75) is 25.8 Å². The van der Waals surface area contributed by atoms with Crippen molar-refractivity contribution < 1.29 is 14.7 Å². The molecule has 2 aromatic heterocycles. The number of rotatable bonds is 8. The molecule has 0 aliphatic heterocycles. The second kappa shape index (κ2) is 9.53. The Morgan fingerprint density at radius 1 is 1.19 bits per heavy atom. The van der Waals surface area contributed by atoms with Crippen LogP contribution in [-0.4, -0.2) is 51.9 Å². The number of methoxy groups -OCH3 is 1. The second-order valence-electron chi connectivity index (χ2n) is 7.42. The number of ether oxygens (including phenoxy) is 1. The minimum atomic E-state index is -0.271. The summed E-state index contributed by atoms with van der Waals surface area (Å²) in [4.78, 5) is 15.3. The molecule has 1 aliphatic rings. The van der Waals surface area contributed by atoms with Crippen LogP contribution in [0.25, 0.3) is 22.4 Å². The number of aryl methyl sites for hydroxylation is 2. The molecule has 0 spiro atoms. The highest BCUT2D eigenvalue weighted by Crippen LogP contribution is 2.34. The maximum Gasteiger partial charge on any atom is 0.319 e. The molecule has 31 heavy (non-hydrogen) atoms. The molecule has 0 bridgehead atoms. The molecule has 2 heterocycles. The van der Waals surface area contributed by atoms with Crippen molar-refractivity contribution in [3.05, 3.63) is 60.0 Å². The Morgan fingerprint density at radius 2 is 2.03 bits per heavy atom. The van der Waals surface area contributed by atoms with Crippen molar-refractivity contribution in [1.82, 2.24) is 20.1 Å². The van der Waals surface area contributed by atoms with Crippen molar-refractivity contribution in [3.8, 4) is 22.4 Å². The van der Waals surface area contributed by atoms with Gasteiger partial charge in [-0.1, -0.05) is 23.4 Å². The topological polar surface area (TPSA) is 102 Å². The van der Waals surface area contributed by atoms with Crippen LogP contribution in [0.2, 0.25) is 0 Å². The van der Waals surface area contributed by atoms with Crippen molar-refractivity contribution in [2.24, 2.45) is 5.16 Å². The second-order valence-corrected chi connectivity index (χ2v) is 7.42. The predicted molar refractivity (Wildman–Crippen MR) is 117 cm³/mol. The highest BCUT2D eigenvalue weighted by atomic mass is 16.5. The van der Waals surface area contributed by atoms with E-state index in [1.165, 1.54) is 12.7 Å². The first-order chi connectivity index (χ1) is 15.2. The van der Waals surface area contributed by atoms with Gasteiger partial charge >= 0.3 is 5.97 Å². The number of carbonyl (C=O) groups is 1. The number of esters is 1. The Morgan fingerprint density at radius 3 is 2.81 bits per heavy atom. The van der Waals surface area contributed by atoms with E-state index in [0.717, 1.165) is 59.5 Å². The van der Waals surface area contributed by atoms with Gasteiger partial charge < -0.3 is 15.3 Å². The van der Waals surface area contributed by atoms with Crippen LogP contribution in [0.5, 0.6) is 0 Å². The molecule has 0 amide bonds. The molecule has 2 N–H and O–H groups in total. The van der Waals surface area contributed by atoms with Crippen LogP contribution in [-0.2, 0) is 22.5 Å². The number of hydrogen-bond donors (Lipinski definition) is 2. The first-order valence-electron chi connectivity index (χ1n) is 10.3. The zero-order valence-electron chi connectivity index (χ0n) is 17.4. The Kier molecular flexibility index (Phi) is 6.37. The largest absolute Gasteiger partial charge is 0.468 e. The molecule has 0 saturated heterocycles.